The third-order valence-electron chi connectivity index (χ3n) is 5.23. The highest BCUT2D eigenvalue weighted by Gasteiger charge is 2.31. The van der Waals surface area contributed by atoms with Crippen LogP contribution in [-0.2, 0) is 16.4 Å². The Morgan fingerprint density at radius 3 is 2.47 bits per heavy atom. The number of aromatic nitrogens is 2. The van der Waals surface area contributed by atoms with Crippen LogP contribution in [0.5, 0.6) is 0 Å². The molecule has 4 rings (SSSR count). The number of sulfonamides is 1. The molecule has 2 aromatic heterocycles. The Labute approximate surface area is 195 Å². The predicted octanol–water partition coefficient (Wildman–Crippen LogP) is 4.29. The number of halogens is 1. The Bertz CT molecular complexity index is 1200. The summed E-state index contributed by atoms with van der Waals surface area (Å²) in [5.41, 5.74) is 0.286. The number of carbonyl (C=O) groups excluding carboxylic acids is 1. The third-order valence-corrected chi connectivity index (χ3v) is 8.31. The van der Waals surface area contributed by atoms with E-state index in [9.17, 15) is 13.2 Å². The summed E-state index contributed by atoms with van der Waals surface area (Å²) in [5, 5.41) is 10.3. The van der Waals surface area contributed by atoms with Crippen molar-refractivity contribution < 1.29 is 17.6 Å². The van der Waals surface area contributed by atoms with E-state index in [2.05, 4.69) is 29.4 Å². The Morgan fingerprint density at radius 2 is 1.84 bits per heavy atom. The first-order valence-electron chi connectivity index (χ1n) is 10.2. The van der Waals surface area contributed by atoms with Gasteiger partial charge in [-0.25, -0.2) is 8.42 Å². The second kappa shape index (κ2) is 9.30. The summed E-state index contributed by atoms with van der Waals surface area (Å²) >= 11 is 7.33. The average Bonchev–Trinajstić information content (AvgIpc) is 3.36. The molecule has 170 valence electrons. The van der Waals surface area contributed by atoms with Gasteiger partial charge in [0.15, 0.2) is 0 Å². The number of amides is 1. The van der Waals surface area contributed by atoms with E-state index in [4.69, 9.17) is 16.0 Å². The van der Waals surface area contributed by atoms with Gasteiger partial charge in [0.2, 0.25) is 15.9 Å². The minimum atomic E-state index is -3.60. The lowest BCUT2D eigenvalue weighted by atomic mass is 9.94. The molecule has 3 aromatic rings. The number of hydrogen-bond donors (Lipinski definition) is 1. The van der Waals surface area contributed by atoms with Gasteiger partial charge in [0, 0.05) is 23.5 Å². The minimum Gasteiger partial charge on any atom is -0.407 e. The quantitative estimate of drug-likeness (QED) is 0.547. The largest absolute Gasteiger partial charge is 0.407 e. The lowest BCUT2D eigenvalue weighted by Crippen LogP contribution is -2.42. The van der Waals surface area contributed by atoms with Gasteiger partial charge in [-0.15, -0.1) is 16.4 Å². The van der Waals surface area contributed by atoms with Crippen LogP contribution in [0, 0.1) is 11.8 Å². The zero-order valence-electron chi connectivity index (χ0n) is 17.6. The van der Waals surface area contributed by atoms with Crippen LogP contribution < -0.4 is 5.32 Å². The Hall–Kier alpha value is -2.27. The summed E-state index contributed by atoms with van der Waals surface area (Å²) < 4.78 is 33.7. The van der Waals surface area contributed by atoms with Crippen LogP contribution in [0.2, 0.25) is 4.34 Å². The van der Waals surface area contributed by atoms with E-state index in [-0.39, 0.29) is 16.5 Å². The molecular formula is C21H23ClN4O4S2. The molecule has 0 bridgehead atoms. The van der Waals surface area contributed by atoms with Crippen LogP contribution in [0.3, 0.4) is 0 Å². The molecule has 32 heavy (non-hydrogen) atoms. The number of nitrogens with one attached hydrogen (secondary N) is 1. The maximum atomic E-state index is 13.0. The molecule has 8 nitrogen and oxygen atoms in total. The molecule has 1 saturated heterocycles. The van der Waals surface area contributed by atoms with E-state index in [1.807, 2.05) is 6.07 Å². The van der Waals surface area contributed by atoms with E-state index in [1.165, 1.54) is 39.9 Å². The van der Waals surface area contributed by atoms with Crippen LogP contribution in [-0.4, -0.2) is 41.9 Å². The fraction of sp³-hybridized carbons (Fsp3) is 0.381. The Balaban J connectivity index is 1.41. The second-order valence-electron chi connectivity index (χ2n) is 8.13. The maximum absolute atomic E-state index is 13.0. The molecule has 0 radical (unpaired) electrons. The number of thiophene rings is 1. The zero-order valence-corrected chi connectivity index (χ0v) is 20.0. The summed E-state index contributed by atoms with van der Waals surface area (Å²) in [5.74, 6) is 0.512. The van der Waals surface area contributed by atoms with Gasteiger partial charge in [0.05, 0.1) is 15.7 Å². The Morgan fingerprint density at radius 1 is 1.16 bits per heavy atom. The SMILES string of the molecule is CC1CC(C)CN(S(=O)(=O)c2ccc(C(=O)Nc3nnc(Cc4ccc(Cl)s4)o3)cc2)C1. The highest BCUT2D eigenvalue weighted by molar-refractivity contribution is 7.89. The van der Waals surface area contributed by atoms with Crippen molar-refractivity contribution in [3.63, 3.8) is 0 Å². The Kier molecular flexibility index (Phi) is 6.66. The molecule has 0 saturated carbocycles. The summed E-state index contributed by atoms with van der Waals surface area (Å²) in [7, 11) is -3.60. The number of nitrogens with zero attached hydrogens (tertiary/aromatic N) is 3. The molecule has 1 aliphatic heterocycles. The van der Waals surface area contributed by atoms with Gasteiger partial charge in [0.25, 0.3) is 5.91 Å². The molecule has 1 aromatic carbocycles. The molecule has 11 heteroatoms. The van der Waals surface area contributed by atoms with Crippen molar-refractivity contribution in [2.75, 3.05) is 18.4 Å². The van der Waals surface area contributed by atoms with E-state index in [1.54, 1.807) is 6.07 Å². The molecule has 3 heterocycles. The molecule has 2 unspecified atom stereocenters. The van der Waals surface area contributed by atoms with Crippen LogP contribution in [0.15, 0.2) is 45.7 Å². The molecular weight excluding hydrogens is 472 g/mol. The lowest BCUT2D eigenvalue weighted by Gasteiger charge is -2.34. The average molecular weight is 495 g/mol. The van der Waals surface area contributed by atoms with Crippen molar-refractivity contribution >= 4 is 44.9 Å². The van der Waals surface area contributed by atoms with Gasteiger partial charge in [-0.05, 0) is 54.7 Å². The van der Waals surface area contributed by atoms with E-state index >= 15 is 0 Å². The van der Waals surface area contributed by atoms with Crippen molar-refractivity contribution in [1.82, 2.24) is 14.5 Å². The molecule has 0 spiro atoms. The number of rotatable bonds is 6. The summed E-state index contributed by atoms with van der Waals surface area (Å²) in [4.78, 5) is 13.7. The highest BCUT2D eigenvalue weighted by Crippen LogP contribution is 2.27. The van der Waals surface area contributed by atoms with Crippen LogP contribution in [0.4, 0.5) is 6.01 Å². The lowest BCUT2D eigenvalue weighted by molar-refractivity contribution is 0.102. The van der Waals surface area contributed by atoms with Crippen molar-refractivity contribution in [3.05, 3.63) is 57.1 Å². The predicted molar refractivity (Wildman–Crippen MR) is 123 cm³/mol. The van der Waals surface area contributed by atoms with Crippen LogP contribution in [0.25, 0.3) is 0 Å². The molecule has 0 aliphatic carbocycles. The number of piperidine rings is 1. The van der Waals surface area contributed by atoms with Crippen LogP contribution in [0.1, 0.15) is 41.4 Å². The van der Waals surface area contributed by atoms with E-state index in [0.717, 1.165) is 11.3 Å². The first-order valence-corrected chi connectivity index (χ1v) is 12.8. The van der Waals surface area contributed by atoms with E-state index in [0.29, 0.717) is 41.6 Å². The molecule has 2 atom stereocenters. The minimum absolute atomic E-state index is 0.0272. The first-order chi connectivity index (χ1) is 15.2. The van der Waals surface area contributed by atoms with Crippen LogP contribution >= 0.6 is 22.9 Å². The normalized spacial score (nSPS) is 19.7. The van der Waals surface area contributed by atoms with Gasteiger partial charge in [0.1, 0.15) is 0 Å². The standard InChI is InChI=1S/C21H23ClN4O4S2/c1-13-9-14(2)12-26(11-13)32(28,29)17-6-3-15(4-7-17)20(27)23-21-25-24-19(30-21)10-16-5-8-18(22)31-16/h3-8,13-14H,9-12H2,1-2H3,(H,23,25,27). The van der Waals surface area contributed by atoms with Gasteiger partial charge in [-0.1, -0.05) is 30.5 Å². The van der Waals surface area contributed by atoms with Crippen molar-refractivity contribution in [1.29, 1.82) is 0 Å². The molecule has 1 fully saturated rings. The van der Waals surface area contributed by atoms with Crippen molar-refractivity contribution in [2.45, 2.75) is 31.6 Å². The number of carbonyl (C=O) groups is 1. The number of hydrogen-bond acceptors (Lipinski definition) is 7. The van der Waals surface area contributed by atoms with Gasteiger partial charge in [-0.3, -0.25) is 10.1 Å². The first kappa shape index (κ1) is 22.9. The van der Waals surface area contributed by atoms with Gasteiger partial charge in [-0.2, -0.15) is 4.31 Å². The maximum Gasteiger partial charge on any atom is 0.322 e. The topological polar surface area (TPSA) is 105 Å². The molecule has 1 N–H and O–H groups in total. The fourth-order valence-corrected chi connectivity index (χ4v) is 6.63. The van der Waals surface area contributed by atoms with Crippen molar-refractivity contribution in [3.8, 4) is 0 Å². The number of benzene rings is 1. The molecule has 1 aliphatic rings. The highest BCUT2D eigenvalue weighted by atomic mass is 35.5. The summed E-state index contributed by atoms with van der Waals surface area (Å²) in [6.45, 7) is 5.13. The smallest absolute Gasteiger partial charge is 0.322 e. The van der Waals surface area contributed by atoms with E-state index < -0.39 is 15.9 Å². The zero-order chi connectivity index (χ0) is 22.9. The summed E-state index contributed by atoms with van der Waals surface area (Å²) in [6, 6.07) is 9.49. The molecule has 1 amide bonds. The van der Waals surface area contributed by atoms with Gasteiger partial charge < -0.3 is 4.42 Å². The van der Waals surface area contributed by atoms with Crippen molar-refractivity contribution in [2.24, 2.45) is 11.8 Å². The third kappa shape index (κ3) is 5.20. The van der Waals surface area contributed by atoms with Gasteiger partial charge >= 0.3 is 6.01 Å². The monoisotopic (exact) mass is 494 g/mol. The number of anilines is 1. The second-order valence-corrected chi connectivity index (χ2v) is 11.9. The fourth-order valence-electron chi connectivity index (χ4n) is 3.87. The summed E-state index contributed by atoms with van der Waals surface area (Å²) in [6.07, 6.45) is 1.43.